The third-order valence-electron chi connectivity index (χ3n) is 5.24. The summed E-state index contributed by atoms with van der Waals surface area (Å²) in [6, 6.07) is 10.8. The van der Waals surface area contributed by atoms with Crippen molar-refractivity contribution in [1.82, 2.24) is 4.90 Å². The zero-order valence-corrected chi connectivity index (χ0v) is 19.1. The van der Waals surface area contributed by atoms with E-state index in [2.05, 4.69) is 12.1 Å². The summed E-state index contributed by atoms with van der Waals surface area (Å²) in [5.74, 6) is -0.377. The summed E-state index contributed by atoms with van der Waals surface area (Å²) in [5.41, 5.74) is 1.15. The van der Waals surface area contributed by atoms with Gasteiger partial charge < -0.3 is 14.7 Å². The Balaban J connectivity index is 1.82. The van der Waals surface area contributed by atoms with Crippen LogP contribution in [-0.2, 0) is 10.3 Å². The molecule has 0 saturated carbocycles. The summed E-state index contributed by atoms with van der Waals surface area (Å²) in [6.45, 7) is 10.3. The quantitative estimate of drug-likeness (QED) is 0.666. The van der Waals surface area contributed by atoms with Crippen molar-refractivity contribution >= 4 is 17.9 Å². The Morgan fingerprint density at radius 1 is 1.10 bits per heavy atom. The summed E-state index contributed by atoms with van der Waals surface area (Å²) in [6.07, 6.45) is 0.278. The van der Waals surface area contributed by atoms with Crippen molar-refractivity contribution in [2.75, 3.05) is 13.1 Å². The number of piperidine rings is 1. The number of rotatable bonds is 3. The number of benzene rings is 2. The number of carbonyl (C=O) groups is 1. The molecule has 0 bridgehead atoms. The Morgan fingerprint density at radius 3 is 2.33 bits per heavy atom. The van der Waals surface area contributed by atoms with E-state index in [0.29, 0.717) is 31.5 Å². The highest BCUT2D eigenvalue weighted by Crippen LogP contribution is 2.42. The van der Waals surface area contributed by atoms with Gasteiger partial charge in [-0.2, -0.15) is 0 Å². The highest BCUT2D eigenvalue weighted by Gasteiger charge is 2.38. The normalized spacial score (nSPS) is 16.4. The first-order valence-corrected chi connectivity index (χ1v) is 11.0. The Kier molecular flexibility index (Phi) is 6.48. The average molecular weight is 432 g/mol. The van der Waals surface area contributed by atoms with Gasteiger partial charge in [0, 0.05) is 28.4 Å². The molecule has 0 aliphatic carbocycles. The molecule has 1 N–H and O–H groups in total. The number of hydrogen-bond donors (Lipinski definition) is 1. The minimum atomic E-state index is -1.19. The van der Waals surface area contributed by atoms with Gasteiger partial charge in [-0.15, -0.1) is 0 Å². The Labute approximate surface area is 182 Å². The van der Waals surface area contributed by atoms with E-state index in [4.69, 9.17) is 4.74 Å². The van der Waals surface area contributed by atoms with Crippen molar-refractivity contribution in [1.29, 1.82) is 0 Å². The van der Waals surface area contributed by atoms with Crippen molar-refractivity contribution in [3.05, 3.63) is 58.9 Å². The van der Waals surface area contributed by atoms with Crippen LogP contribution in [0.2, 0.25) is 0 Å². The van der Waals surface area contributed by atoms with E-state index < -0.39 is 11.2 Å². The second-order valence-electron chi connectivity index (χ2n) is 9.01. The Bertz CT molecular complexity index is 931. The maximum atomic E-state index is 14.1. The molecule has 1 aliphatic rings. The van der Waals surface area contributed by atoms with E-state index in [1.54, 1.807) is 11.0 Å². The highest BCUT2D eigenvalue weighted by atomic mass is 32.2. The zero-order chi connectivity index (χ0) is 22.1. The largest absolute Gasteiger partial charge is 0.444 e. The fourth-order valence-corrected chi connectivity index (χ4v) is 4.73. The highest BCUT2D eigenvalue weighted by molar-refractivity contribution is 7.99. The molecule has 30 heavy (non-hydrogen) atoms. The summed E-state index contributed by atoms with van der Waals surface area (Å²) in [7, 11) is 0. The molecule has 1 fully saturated rings. The molecule has 6 heteroatoms. The monoisotopic (exact) mass is 431 g/mol. The number of aryl methyl sites for hydroxylation is 2. The molecule has 0 aromatic heterocycles. The van der Waals surface area contributed by atoms with E-state index in [-0.39, 0.29) is 11.9 Å². The molecule has 1 aliphatic heterocycles. The number of likely N-dealkylation sites (tertiary alicyclic amines) is 1. The van der Waals surface area contributed by atoms with Crippen LogP contribution in [0, 0.1) is 19.7 Å². The van der Waals surface area contributed by atoms with Gasteiger partial charge in [-0.25, -0.2) is 9.18 Å². The number of nitrogens with zero attached hydrogens (tertiary/aromatic N) is 1. The number of carbonyl (C=O) groups excluding carboxylic acids is 1. The third kappa shape index (κ3) is 5.35. The standard InChI is InChI=1S/C24H30FNO3S/c1-16-6-8-20(17(2)14-16)30-21-9-7-18(25)15-19(21)24(28)10-12-26(13-11-24)22(27)29-23(3,4)5/h6-9,14-15,28H,10-13H2,1-5H3. The van der Waals surface area contributed by atoms with Crippen LogP contribution in [-0.4, -0.2) is 34.8 Å². The SMILES string of the molecule is Cc1ccc(Sc2ccc(F)cc2C2(O)CCN(C(=O)OC(C)(C)C)CC2)c(C)c1. The maximum absolute atomic E-state index is 14.1. The molecule has 2 aromatic rings. The summed E-state index contributed by atoms with van der Waals surface area (Å²) in [5, 5.41) is 11.4. The van der Waals surface area contributed by atoms with Crippen molar-refractivity contribution in [3.8, 4) is 0 Å². The van der Waals surface area contributed by atoms with E-state index >= 15 is 0 Å². The lowest BCUT2D eigenvalue weighted by atomic mass is 9.84. The maximum Gasteiger partial charge on any atom is 0.410 e. The van der Waals surface area contributed by atoms with Crippen LogP contribution in [0.4, 0.5) is 9.18 Å². The first kappa shape index (κ1) is 22.6. The molecule has 1 amide bonds. The summed E-state index contributed by atoms with van der Waals surface area (Å²) in [4.78, 5) is 15.9. The predicted octanol–water partition coefficient (Wildman–Crippen LogP) is 5.81. The summed E-state index contributed by atoms with van der Waals surface area (Å²) < 4.78 is 19.6. The van der Waals surface area contributed by atoms with Gasteiger partial charge in [0.1, 0.15) is 11.4 Å². The van der Waals surface area contributed by atoms with Gasteiger partial charge in [0.05, 0.1) is 5.60 Å². The van der Waals surface area contributed by atoms with Crippen LogP contribution in [0.25, 0.3) is 0 Å². The smallest absolute Gasteiger partial charge is 0.410 e. The van der Waals surface area contributed by atoms with E-state index in [0.717, 1.165) is 15.4 Å². The van der Waals surface area contributed by atoms with Crippen LogP contribution in [0.1, 0.15) is 50.3 Å². The molecular formula is C24H30FNO3S. The summed E-state index contributed by atoms with van der Waals surface area (Å²) >= 11 is 1.53. The third-order valence-corrected chi connectivity index (χ3v) is 6.49. The minimum Gasteiger partial charge on any atom is -0.444 e. The molecule has 0 spiro atoms. The molecule has 162 valence electrons. The average Bonchev–Trinajstić information content (AvgIpc) is 2.64. The lowest BCUT2D eigenvalue weighted by Crippen LogP contribution is -2.47. The molecular weight excluding hydrogens is 401 g/mol. The van der Waals surface area contributed by atoms with Crippen molar-refractivity contribution in [2.24, 2.45) is 0 Å². The predicted molar refractivity (Wildman–Crippen MR) is 117 cm³/mol. The number of halogens is 1. The Hall–Kier alpha value is -2.05. The van der Waals surface area contributed by atoms with Gasteiger partial charge in [0.25, 0.3) is 0 Å². The van der Waals surface area contributed by atoms with E-state index in [9.17, 15) is 14.3 Å². The number of hydrogen-bond acceptors (Lipinski definition) is 4. The van der Waals surface area contributed by atoms with Crippen molar-refractivity contribution in [3.63, 3.8) is 0 Å². The van der Waals surface area contributed by atoms with Crippen LogP contribution < -0.4 is 0 Å². The second-order valence-corrected chi connectivity index (χ2v) is 10.1. The van der Waals surface area contributed by atoms with Gasteiger partial charge in [-0.1, -0.05) is 29.5 Å². The molecule has 3 rings (SSSR count). The topological polar surface area (TPSA) is 49.8 Å². The first-order valence-electron chi connectivity index (χ1n) is 10.2. The van der Waals surface area contributed by atoms with Gasteiger partial charge in [-0.05, 0) is 77.3 Å². The van der Waals surface area contributed by atoms with Gasteiger partial charge >= 0.3 is 6.09 Å². The lowest BCUT2D eigenvalue weighted by Gasteiger charge is -2.39. The van der Waals surface area contributed by atoms with Crippen LogP contribution in [0.15, 0.2) is 46.2 Å². The van der Waals surface area contributed by atoms with Crippen LogP contribution in [0.3, 0.4) is 0 Å². The van der Waals surface area contributed by atoms with Crippen LogP contribution in [0.5, 0.6) is 0 Å². The molecule has 0 radical (unpaired) electrons. The van der Waals surface area contributed by atoms with Crippen molar-refractivity contribution in [2.45, 2.75) is 68.5 Å². The van der Waals surface area contributed by atoms with E-state index in [1.165, 1.54) is 29.5 Å². The fourth-order valence-electron chi connectivity index (χ4n) is 3.64. The first-order chi connectivity index (χ1) is 14.0. The molecule has 1 heterocycles. The second kappa shape index (κ2) is 8.60. The molecule has 2 aromatic carbocycles. The number of ether oxygens (including phenoxy) is 1. The van der Waals surface area contributed by atoms with Gasteiger partial charge in [0.15, 0.2) is 0 Å². The number of amides is 1. The molecule has 0 unspecified atom stereocenters. The van der Waals surface area contributed by atoms with Gasteiger partial charge in [-0.3, -0.25) is 0 Å². The molecule has 4 nitrogen and oxygen atoms in total. The molecule has 0 atom stereocenters. The Morgan fingerprint density at radius 2 is 1.73 bits per heavy atom. The zero-order valence-electron chi connectivity index (χ0n) is 18.3. The van der Waals surface area contributed by atoms with Crippen LogP contribution >= 0.6 is 11.8 Å². The number of aliphatic hydroxyl groups is 1. The molecule has 1 saturated heterocycles. The fraction of sp³-hybridized carbons (Fsp3) is 0.458. The van der Waals surface area contributed by atoms with Crippen molar-refractivity contribution < 1.29 is 19.0 Å². The lowest BCUT2D eigenvalue weighted by molar-refractivity contribution is -0.0373. The van der Waals surface area contributed by atoms with E-state index in [1.807, 2.05) is 40.7 Å². The minimum absolute atomic E-state index is 0.330. The van der Waals surface area contributed by atoms with Gasteiger partial charge in [0.2, 0.25) is 0 Å².